The van der Waals surface area contributed by atoms with E-state index >= 15 is 0 Å². The van der Waals surface area contributed by atoms with Crippen molar-refractivity contribution in [1.29, 1.82) is 0 Å². The van der Waals surface area contributed by atoms with Crippen LogP contribution in [0.1, 0.15) is 13.3 Å². The van der Waals surface area contributed by atoms with Gasteiger partial charge in [-0.05, 0) is 52.7 Å². The van der Waals surface area contributed by atoms with Crippen molar-refractivity contribution < 1.29 is 17.9 Å². The van der Waals surface area contributed by atoms with Crippen LogP contribution in [0.4, 0.5) is 10.8 Å². The van der Waals surface area contributed by atoms with Crippen LogP contribution in [0.25, 0.3) is 11.3 Å². The number of fused-ring (bicyclic) bond motifs is 1. The van der Waals surface area contributed by atoms with Gasteiger partial charge in [0.25, 0.3) is 15.9 Å². The topological polar surface area (TPSA) is 88.6 Å². The summed E-state index contributed by atoms with van der Waals surface area (Å²) in [5, 5.41) is 2.06. The van der Waals surface area contributed by atoms with E-state index in [-0.39, 0.29) is 21.9 Å². The molecule has 7 nitrogen and oxygen atoms in total. The number of ether oxygens (including phenoxy) is 1. The molecule has 0 radical (unpaired) electrons. The Kier molecular flexibility index (Phi) is 5.65. The number of hydrogen-bond acceptors (Lipinski definition) is 7. The maximum absolute atomic E-state index is 12.5. The third kappa shape index (κ3) is 4.18. The summed E-state index contributed by atoms with van der Waals surface area (Å²) in [5.74, 6) is 0.576. The van der Waals surface area contributed by atoms with Crippen LogP contribution >= 0.6 is 38.6 Å². The molecule has 0 saturated heterocycles. The average Bonchev–Trinajstić information content (AvgIpc) is 3.33. The van der Waals surface area contributed by atoms with Gasteiger partial charge in [-0.2, -0.15) is 0 Å². The van der Waals surface area contributed by atoms with E-state index in [2.05, 4.69) is 25.6 Å². The predicted octanol–water partition coefficient (Wildman–Crippen LogP) is 4.57. The molecular weight excluding hydrogens is 498 g/mol. The zero-order valence-electron chi connectivity index (χ0n) is 15.2. The van der Waals surface area contributed by atoms with Gasteiger partial charge in [0.2, 0.25) is 0 Å². The first-order chi connectivity index (χ1) is 13.9. The fourth-order valence-corrected chi connectivity index (χ4v) is 6.87. The molecule has 1 aliphatic heterocycles. The molecule has 0 atom stereocenters. The molecule has 3 heterocycles. The number of thiazole rings is 1. The van der Waals surface area contributed by atoms with Crippen molar-refractivity contribution in [3.05, 3.63) is 39.5 Å². The monoisotopic (exact) mass is 513 g/mol. The highest BCUT2D eigenvalue weighted by Crippen LogP contribution is 2.37. The van der Waals surface area contributed by atoms with Crippen LogP contribution in [0.3, 0.4) is 0 Å². The Morgan fingerprint density at radius 1 is 1.31 bits per heavy atom. The maximum Gasteiger partial charge on any atom is 0.273 e. The van der Waals surface area contributed by atoms with Crippen molar-refractivity contribution in [1.82, 2.24) is 4.98 Å². The third-order valence-corrected chi connectivity index (χ3v) is 8.53. The van der Waals surface area contributed by atoms with Gasteiger partial charge in [-0.15, -0.1) is 22.7 Å². The first kappa shape index (κ1) is 20.3. The van der Waals surface area contributed by atoms with Crippen LogP contribution in [0.5, 0.6) is 5.75 Å². The molecule has 0 saturated carbocycles. The van der Waals surface area contributed by atoms with E-state index in [9.17, 15) is 13.2 Å². The van der Waals surface area contributed by atoms with Crippen molar-refractivity contribution >= 4 is 65.4 Å². The van der Waals surface area contributed by atoms with E-state index in [1.54, 1.807) is 16.3 Å². The third-order valence-electron chi connectivity index (χ3n) is 4.18. The summed E-state index contributed by atoms with van der Waals surface area (Å²) >= 11 is 5.60. The number of hydrogen-bond donors (Lipinski definition) is 1. The number of amides is 1. The molecule has 0 unspecified atom stereocenters. The lowest BCUT2D eigenvalue weighted by Crippen LogP contribution is -2.39. The quantitative estimate of drug-likeness (QED) is 0.521. The van der Waals surface area contributed by atoms with Crippen LogP contribution < -0.4 is 14.4 Å². The Morgan fingerprint density at radius 3 is 2.86 bits per heavy atom. The Morgan fingerprint density at radius 2 is 2.14 bits per heavy atom. The van der Waals surface area contributed by atoms with Gasteiger partial charge in [0.05, 0.1) is 15.2 Å². The molecule has 1 N–H and O–H groups in total. The second-order valence-corrected chi connectivity index (χ2v) is 11.4. The van der Waals surface area contributed by atoms with E-state index in [4.69, 9.17) is 4.74 Å². The summed E-state index contributed by atoms with van der Waals surface area (Å²) in [5.41, 5.74) is 2.11. The molecule has 0 bridgehead atoms. The fourth-order valence-electron chi connectivity index (χ4n) is 2.89. The molecule has 3 aromatic rings. The number of rotatable bonds is 6. The molecule has 0 aliphatic carbocycles. The summed E-state index contributed by atoms with van der Waals surface area (Å²) in [7, 11) is -3.69. The zero-order chi connectivity index (χ0) is 20.6. The first-order valence-corrected chi connectivity index (χ1v) is 12.7. The van der Waals surface area contributed by atoms with Gasteiger partial charge in [0, 0.05) is 17.5 Å². The second kappa shape index (κ2) is 8.05. The highest BCUT2D eigenvalue weighted by Gasteiger charge is 2.25. The van der Waals surface area contributed by atoms with E-state index in [0.29, 0.717) is 23.7 Å². The van der Waals surface area contributed by atoms with Gasteiger partial charge < -0.3 is 9.64 Å². The lowest BCUT2D eigenvalue weighted by molar-refractivity contribution is -0.121. The van der Waals surface area contributed by atoms with Crippen molar-refractivity contribution in [3.8, 4) is 17.0 Å². The van der Waals surface area contributed by atoms with E-state index in [0.717, 1.165) is 27.1 Å². The Labute approximate surface area is 184 Å². The standard InChI is InChI=1S/C18H16BrN3O4S3/c1-2-7-22-13-8-11(3-4-14(13)26-9-16(22)23)12-10-27-18(20-12)21-29(24,25)17-6-5-15(19)28-17/h3-6,8,10H,2,7,9H2,1H3,(H,20,21). The Bertz CT molecular complexity index is 1170. The molecular formula is C18H16BrN3O4S3. The number of sulfonamides is 1. The lowest BCUT2D eigenvalue weighted by Gasteiger charge is -2.29. The lowest BCUT2D eigenvalue weighted by atomic mass is 10.1. The minimum Gasteiger partial charge on any atom is -0.482 e. The van der Waals surface area contributed by atoms with E-state index in [1.165, 1.54) is 17.4 Å². The maximum atomic E-state index is 12.5. The number of nitrogens with one attached hydrogen (secondary N) is 1. The van der Waals surface area contributed by atoms with Crippen LogP contribution in [0, 0.1) is 0 Å². The van der Waals surface area contributed by atoms with Crippen LogP contribution in [-0.4, -0.2) is 32.5 Å². The second-order valence-electron chi connectivity index (χ2n) is 6.22. The molecule has 2 aromatic heterocycles. The molecule has 1 amide bonds. The van der Waals surface area contributed by atoms with Gasteiger partial charge in [-0.1, -0.05) is 6.92 Å². The van der Waals surface area contributed by atoms with Crippen LogP contribution in [0.15, 0.2) is 43.7 Å². The Balaban J connectivity index is 1.61. The summed E-state index contributed by atoms with van der Waals surface area (Å²) in [6, 6.07) is 8.74. The van der Waals surface area contributed by atoms with Gasteiger partial charge in [0.15, 0.2) is 11.7 Å². The summed E-state index contributed by atoms with van der Waals surface area (Å²) in [6.45, 7) is 2.65. The van der Waals surface area contributed by atoms with Gasteiger partial charge >= 0.3 is 0 Å². The molecule has 4 rings (SSSR count). The number of benzene rings is 1. The van der Waals surface area contributed by atoms with Crippen molar-refractivity contribution in [2.45, 2.75) is 17.6 Å². The normalized spacial score (nSPS) is 13.9. The molecule has 152 valence electrons. The molecule has 0 fully saturated rings. The number of aromatic nitrogens is 1. The molecule has 0 spiro atoms. The summed E-state index contributed by atoms with van der Waals surface area (Å²) in [6.07, 6.45) is 0.830. The molecule has 11 heteroatoms. The molecule has 1 aromatic carbocycles. The highest BCUT2D eigenvalue weighted by atomic mass is 79.9. The van der Waals surface area contributed by atoms with Crippen molar-refractivity contribution in [2.75, 3.05) is 22.8 Å². The Hall–Kier alpha value is -1.95. The van der Waals surface area contributed by atoms with Crippen molar-refractivity contribution in [3.63, 3.8) is 0 Å². The van der Waals surface area contributed by atoms with Gasteiger partial charge in [-0.3, -0.25) is 9.52 Å². The SMILES string of the molecule is CCCN1C(=O)COc2ccc(-c3csc(NS(=O)(=O)c4ccc(Br)s4)n3)cc21. The smallest absolute Gasteiger partial charge is 0.273 e. The van der Waals surface area contributed by atoms with Crippen LogP contribution in [0.2, 0.25) is 0 Å². The highest BCUT2D eigenvalue weighted by molar-refractivity contribution is 9.11. The minimum atomic E-state index is -3.69. The summed E-state index contributed by atoms with van der Waals surface area (Å²) < 4.78 is 34.0. The minimum absolute atomic E-state index is 0.0355. The zero-order valence-corrected chi connectivity index (χ0v) is 19.3. The number of halogens is 1. The number of anilines is 2. The molecule has 1 aliphatic rings. The van der Waals surface area contributed by atoms with Gasteiger partial charge in [-0.25, -0.2) is 13.4 Å². The number of thiophene rings is 1. The van der Waals surface area contributed by atoms with Crippen molar-refractivity contribution in [2.24, 2.45) is 0 Å². The number of carbonyl (C=O) groups is 1. The summed E-state index contributed by atoms with van der Waals surface area (Å²) in [4.78, 5) is 18.3. The number of carbonyl (C=O) groups excluding carboxylic acids is 1. The van der Waals surface area contributed by atoms with Gasteiger partial charge in [0.1, 0.15) is 9.96 Å². The largest absolute Gasteiger partial charge is 0.482 e. The average molecular weight is 514 g/mol. The van der Waals surface area contributed by atoms with E-state index < -0.39 is 10.0 Å². The predicted molar refractivity (Wildman–Crippen MR) is 119 cm³/mol. The fraction of sp³-hybridized carbons (Fsp3) is 0.222. The van der Waals surface area contributed by atoms with Crippen LogP contribution in [-0.2, 0) is 14.8 Å². The molecule has 29 heavy (non-hydrogen) atoms. The van der Waals surface area contributed by atoms with E-state index in [1.807, 2.05) is 25.1 Å². The first-order valence-electron chi connectivity index (χ1n) is 8.68. The number of nitrogens with zero attached hydrogens (tertiary/aromatic N) is 2.